The molecule has 1 aromatic carbocycles. The summed E-state index contributed by atoms with van der Waals surface area (Å²) in [7, 11) is -3.77. The maximum atomic E-state index is 10.5. The van der Waals surface area contributed by atoms with Crippen molar-refractivity contribution in [1.82, 2.24) is 0 Å². The van der Waals surface area contributed by atoms with Crippen molar-refractivity contribution in [2.75, 3.05) is 6.61 Å². The van der Waals surface area contributed by atoms with Gasteiger partial charge in [0, 0.05) is 0 Å². The van der Waals surface area contributed by atoms with E-state index in [1.165, 1.54) is 12.0 Å². The summed E-state index contributed by atoms with van der Waals surface area (Å²) in [5, 5.41) is 4.74. The Morgan fingerprint density at radius 3 is 2.65 bits per heavy atom. The molecule has 0 heterocycles. The molecule has 17 heavy (non-hydrogen) atoms. The van der Waals surface area contributed by atoms with Gasteiger partial charge in [-0.15, -0.1) is 0 Å². The Bertz CT molecular complexity index is 458. The van der Waals surface area contributed by atoms with Crippen molar-refractivity contribution < 1.29 is 12.6 Å². The Labute approximate surface area is 102 Å². The molecule has 0 unspecified atom stereocenters. The van der Waals surface area contributed by atoms with E-state index in [2.05, 4.69) is 28.4 Å². The van der Waals surface area contributed by atoms with Gasteiger partial charge in [0.15, 0.2) is 0 Å². The molecule has 2 rings (SSSR count). The second-order valence-corrected chi connectivity index (χ2v) is 5.69. The summed E-state index contributed by atoms with van der Waals surface area (Å²) in [5.41, 5.74) is 1.38. The molecular weight excluding hydrogens is 238 g/mol. The third kappa shape index (κ3) is 4.11. The van der Waals surface area contributed by atoms with E-state index in [0.29, 0.717) is 11.8 Å². The van der Waals surface area contributed by atoms with Crippen LogP contribution in [0, 0.1) is 5.92 Å². The highest BCUT2D eigenvalue weighted by molar-refractivity contribution is 7.84. The van der Waals surface area contributed by atoms with Crippen LogP contribution in [-0.2, 0) is 14.5 Å². The van der Waals surface area contributed by atoms with Crippen LogP contribution in [-0.4, -0.2) is 15.0 Å². The average Bonchev–Trinajstić information content (AvgIpc) is 3.04. The first-order valence-corrected chi connectivity index (χ1v) is 7.25. The van der Waals surface area contributed by atoms with Crippen LogP contribution < -0.4 is 5.14 Å². The number of benzene rings is 1. The van der Waals surface area contributed by atoms with E-state index < -0.39 is 10.3 Å². The minimum atomic E-state index is -3.77. The summed E-state index contributed by atoms with van der Waals surface area (Å²) in [5.74, 6) is 1.31. The standard InChI is InChI=1S/C12H17NO3S/c13-17(14,15)16-8-4-7-11-9-12(11)10-5-2-1-3-6-10/h1-3,5-6,11-12H,4,7-9H2,(H2,13,14,15)/t11-,12-/m0/s1. The first kappa shape index (κ1) is 12.5. The Balaban J connectivity index is 1.67. The molecule has 0 spiro atoms. The predicted octanol–water partition coefficient (Wildman–Crippen LogP) is 1.79. The van der Waals surface area contributed by atoms with Crippen LogP contribution in [0.3, 0.4) is 0 Å². The van der Waals surface area contributed by atoms with Crippen LogP contribution in [0.25, 0.3) is 0 Å². The zero-order valence-electron chi connectivity index (χ0n) is 9.58. The van der Waals surface area contributed by atoms with E-state index in [9.17, 15) is 8.42 Å². The van der Waals surface area contributed by atoms with Gasteiger partial charge in [0.25, 0.3) is 0 Å². The zero-order valence-corrected chi connectivity index (χ0v) is 10.4. The van der Waals surface area contributed by atoms with Crippen LogP contribution in [0.1, 0.15) is 30.7 Å². The molecule has 0 radical (unpaired) electrons. The molecule has 4 nitrogen and oxygen atoms in total. The fourth-order valence-electron chi connectivity index (χ4n) is 2.20. The lowest BCUT2D eigenvalue weighted by Crippen LogP contribution is -2.16. The molecule has 1 aliphatic rings. The van der Waals surface area contributed by atoms with Crippen molar-refractivity contribution in [2.24, 2.45) is 11.1 Å². The van der Waals surface area contributed by atoms with E-state index in [4.69, 9.17) is 5.14 Å². The van der Waals surface area contributed by atoms with Crippen LogP contribution >= 0.6 is 0 Å². The number of nitrogens with two attached hydrogens (primary N) is 1. The van der Waals surface area contributed by atoms with Gasteiger partial charge in [-0.2, -0.15) is 8.42 Å². The van der Waals surface area contributed by atoms with Crippen molar-refractivity contribution in [3.63, 3.8) is 0 Å². The van der Waals surface area contributed by atoms with Crippen molar-refractivity contribution in [2.45, 2.75) is 25.2 Å². The van der Waals surface area contributed by atoms with Crippen molar-refractivity contribution in [1.29, 1.82) is 0 Å². The fraction of sp³-hybridized carbons (Fsp3) is 0.500. The summed E-state index contributed by atoms with van der Waals surface area (Å²) in [6, 6.07) is 10.4. The topological polar surface area (TPSA) is 69.4 Å². The van der Waals surface area contributed by atoms with E-state index in [-0.39, 0.29) is 6.61 Å². The third-order valence-corrected chi connectivity index (χ3v) is 3.61. The summed E-state index contributed by atoms with van der Waals surface area (Å²) in [6.45, 7) is 0.191. The molecule has 1 fully saturated rings. The Morgan fingerprint density at radius 2 is 2.00 bits per heavy atom. The third-order valence-electron chi connectivity index (χ3n) is 3.12. The molecule has 5 heteroatoms. The fourth-order valence-corrected chi connectivity index (χ4v) is 2.55. The van der Waals surface area contributed by atoms with Crippen LogP contribution in [0.4, 0.5) is 0 Å². The summed E-state index contributed by atoms with van der Waals surface area (Å²) >= 11 is 0. The molecule has 0 aromatic heterocycles. The molecule has 0 saturated heterocycles. The molecule has 1 aliphatic carbocycles. The normalized spacial score (nSPS) is 23.6. The van der Waals surface area contributed by atoms with E-state index in [0.717, 1.165) is 12.8 Å². The second kappa shape index (κ2) is 5.16. The molecule has 94 valence electrons. The number of rotatable bonds is 6. The monoisotopic (exact) mass is 255 g/mol. The molecular formula is C12H17NO3S. The molecule has 0 bridgehead atoms. The minimum absolute atomic E-state index is 0.191. The smallest absolute Gasteiger partial charge is 0.258 e. The Morgan fingerprint density at radius 1 is 1.29 bits per heavy atom. The summed E-state index contributed by atoms with van der Waals surface area (Å²) < 4.78 is 25.6. The van der Waals surface area contributed by atoms with Crippen LogP contribution in [0.2, 0.25) is 0 Å². The minimum Gasteiger partial charge on any atom is -0.258 e. The highest BCUT2D eigenvalue weighted by Gasteiger charge is 2.37. The highest BCUT2D eigenvalue weighted by Crippen LogP contribution is 2.49. The molecule has 2 N–H and O–H groups in total. The first-order chi connectivity index (χ1) is 8.06. The van der Waals surface area contributed by atoms with E-state index >= 15 is 0 Å². The highest BCUT2D eigenvalue weighted by atomic mass is 32.2. The first-order valence-electron chi connectivity index (χ1n) is 5.78. The summed E-state index contributed by atoms with van der Waals surface area (Å²) in [4.78, 5) is 0. The molecule has 1 saturated carbocycles. The zero-order chi connectivity index (χ0) is 12.3. The maximum Gasteiger partial charge on any atom is 0.333 e. The van der Waals surface area contributed by atoms with Crippen molar-refractivity contribution >= 4 is 10.3 Å². The van der Waals surface area contributed by atoms with Gasteiger partial charge < -0.3 is 0 Å². The summed E-state index contributed by atoms with van der Waals surface area (Å²) in [6.07, 6.45) is 2.93. The average molecular weight is 255 g/mol. The van der Waals surface area contributed by atoms with Crippen LogP contribution in [0.15, 0.2) is 30.3 Å². The SMILES string of the molecule is NS(=O)(=O)OCCC[C@H]1C[C@H]1c1ccccc1. The lowest BCUT2D eigenvalue weighted by molar-refractivity contribution is 0.305. The van der Waals surface area contributed by atoms with Gasteiger partial charge in [-0.25, -0.2) is 5.14 Å². The molecule has 0 aliphatic heterocycles. The lowest BCUT2D eigenvalue weighted by atomic mass is 10.1. The van der Waals surface area contributed by atoms with Crippen LogP contribution in [0.5, 0.6) is 0 Å². The van der Waals surface area contributed by atoms with E-state index in [1.54, 1.807) is 0 Å². The van der Waals surface area contributed by atoms with Gasteiger partial charge >= 0.3 is 10.3 Å². The molecule has 0 amide bonds. The van der Waals surface area contributed by atoms with E-state index in [1.807, 2.05) is 6.07 Å². The number of hydrogen-bond acceptors (Lipinski definition) is 3. The van der Waals surface area contributed by atoms with Gasteiger partial charge in [-0.1, -0.05) is 30.3 Å². The van der Waals surface area contributed by atoms with Gasteiger partial charge in [0.2, 0.25) is 0 Å². The quantitative estimate of drug-likeness (QED) is 0.788. The van der Waals surface area contributed by atoms with Gasteiger partial charge in [-0.05, 0) is 36.7 Å². The predicted molar refractivity (Wildman–Crippen MR) is 65.6 cm³/mol. The molecule has 2 atom stereocenters. The number of hydrogen-bond donors (Lipinski definition) is 1. The van der Waals surface area contributed by atoms with Gasteiger partial charge in [0.1, 0.15) is 0 Å². The lowest BCUT2D eigenvalue weighted by Gasteiger charge is -2.01. The van der Waals surface area contributed by atoms with Crippen molar-refractivity contribution in [3.05, 3.63) is 35.9 Å². The van der Waals surface area contributed by atoms with Gasteiger partial charge in [0.05, 0.1) is 6.61 Å². The second-order valence-electron chi connectivity index (χ2n) is 4.47. The Kier molecular flexibility index (Phi) is 3.81. The maximum absolute atomic E-state index is 10.5. The largest absolute Gasteiger partial charge is 0.333 e. The Hall–Kier alpha value is -0.910. The van der Waals surface area contributed by atoms with Gasteiger partial charge in [-0.3, -0.25) is 4.18 Å². The van der Waals surface area contributed by atoms with Crippen molar-refractivity contribution in [3.8, 4) is 0 Å². The molecule has 1 aromatic rings.